The third-order valence-corrected chi connectivity index (χ3v) is 5.13. The molecule has 4 rings (SSSR count). The van der Waals surface area contributed by atoms with Crippen molar-refractivity contribution in [2.45, 2.75) is 0 Å². The van der Waals surface area contributed by atoms with E-state index in [1.165, 1.54) is 0 Å². The molecule has 1 aliphatic rings. The molecule has 0 radical (unpaired) electrons. The van der Waals surface area contributed by atoms with Gasteiger partial charge >= 0.3 is 13.8 Å². The molecule has 0 amide bonds. The van der Waals surface area contributed by atoms with Crippen LogP contribution in [-0.4, -0.2) is 23.9 Å². The molecule has 154 valence electrons. The van der Waals surface area contributed by atoms with Gasteiger partial charge in [-0.15, -0.1) is 0 Å². The van der Waals surface area contributed by atoms with Gasteiger partial charge in [0, 0.05) is 29.9 Å². The molecule has 0 saturated carbocycles. The van der Waals surface area contributed by atoms with Crippen LogP contribution in [0, 0.1) is 0 Å². The van der Waals surface area contributed by atoms with E-state index in [1.54, 1.807) is 37.4 Å². The highest BCUT2D eigenvalue weighted by molar-refractivity contribution is 7.46. The zero-order valence-electron chi connectivity index (χ0n) is 16.4. The fourth-order valence-electron chi connectivity index (χ4n) is 3.42. The highest BCUT2D eigenvalue weighted by atomic mass is 31.2. The Morgan fingerprint density at radius 1 is 0.867 bits per heavy atom. The maximum absolute atomic E-state index is 11.8. The van der Waals surface area contributed by atoms with Gasteiger partial charge in [0.1, 0.15) is 11.5 Å². The average molecular weight is 425 g/mol. The molecule has 8 heteroatoms. The number of phosphoric ester groups is 1. The van der Waals surface area contributed by atoms with Crippen LogP contribution in [0.5, 0.6) is 11.5 Å². The van der Waals surface area contributed by atoms with E-state index >= 15 is 0 Å². The van der Waals surface area contributed by atoms with Gasteiger partial charge in [0.25, 0.3) is 0 Å². The first-order chi connectivity index (χ1) is 14.4. The van der Waals surface area contributed by atoms with Crippen LogP contribution in [-0.2, 0) is 9.09 Å². The number of benzene rings is 3. The second kappa shape index (κ2) is 7.88. The van der Waals surface area contributed by atoms with E-state index in [1.807, 2.05) is 54.4 Å². The van der Waals surface area contributed by atoms with Crippen LogP contribution < -0.4 is 14.4 Å². The number of ether oxygens (including phenoxy) is 2. The maximum Gasteiger partial charge on any atom is 0.527 e. The third kappa shape index (κ3) is 3.91. The summed E-state index contributed by atoms with van der Waals surface area (Å²) in [5, 5.41) is 0. The second-order valence-electron chi connectivity index (χ2n) is 6.62. The van der Waals surface area contributed by atoms with Crippen LogP contribution in [0.4, 0.5) is 11.4 Å². The quantitative estimate of drug-likeness (QED) is 0.453. The lowest BCUT2D eigenvalue weighted by molar-refractivity contribution is 0.167. The number of rotatable bonds is 5. The van der Waals surface area contributed by atoms with Crippen LogP contribution in [0.25, 0.3) is 5.57 Å². The van der Waals surface area contributed by atoms with Crippen molar-refractivity contribution in [1.82, 2.24) is 0 Å². The minimum Gasteiger partial charge on any atom is -0.497 e. The lowest BCUT2D eigenvalue weighted by Gasteiger charge is -2.32. The number of fused-ring (bicyclic) bond motifs is 2. The molecule has 0 atom stereocenters. The fourth-order valence-corrected chi connectivity index (χ4v) is 3.76. The summed E-state index contributed by atoms with van der Waals surface area (Å²) >= 11 is 0. The number of hydrogen-bond donors (Lipinski definition) is 2. The molecular weight excluding hydrogens is 405 g/mol. The zero-order valence-corrected chi connectivity index (χ0v) is 17.2. The van der Waals surface area contributed by atoms with E-state index < -0.39 is 7.82 Å². The maximum atomic E-state index is 11.8. The first-order valence-electron chi connectivity index (χ1n) is 9.11. The van der Waals surface area contributed by atoms with E-state index in [4.69, 9.17) is 14.0 Å². The van der Waals surface area contributed by atoms with Gasteiger partial charge in [-0.3, -0.25) is 9.79 Å². The molecule has 0 bridgehead atoms. The zero-order chi connectivity index (χ0) is 21.3. The van der Waals surface area contributed by atoms with Crippen molar-refractivity contribution in [3.05, 3.63) is 89.9 Å². The van der Waals surface area contributed by atoms with Gasteiger partial charge in [-0.05, 0) is 30.3 Å². The van der Waals surface area contributed by atoms with Crippen molar-refractivity contribution in [1.29, 1.82) is 0 Å². The van der Waals surface area contributed by atoms with Gasteiger partial charge in [0.15, 0.2) is 0 Å². The highest BCUT2D eigenvalue weighted by Gasteiger charge is 2.32. The lowest BCUT2D eigenvalue weighted by Crippen LogP contribution is -2.20. The summed E-state index contributed by atoms with van der Waals surface area (Å²) in [6.45, 7) is 0. The molecule has 0 fully saturated rings. The summed E-state index contributed by atoms with van der Waals surface area (Å²) in [4.78, 5) is 21.1. The molecule has 0 spiro atoms. The normalized spacial score (nSPS) is 14.5. The molecule has 3 aromatic carbocycles. The number of anilines is 2. The van der Waals surface area contributed by atoms with Crippen molar-refractivity contribution < 1.29 is 28.3 Å². The van der Waals surface area contributed by atoms with E-state index in [0.717, 1.165) is 16.9 Å². The minimum absolute atomic E-state index is 0.276. The summed E-state index contributed by atoms with van der Waals surface area (Å²) in [7, 11) is -1.41. The monoisotopic (exact) mass is 425 g/mol. The number of phosphoric acid groups is 1. The Bertz CT molecular complexity index is 1160. The van der Waals surface area contributed by atoms with Crippen LogP contribution in [0.15, 0.2) is 78.7 Å². The van der Waals surface area contributed by atoms with Gasteiger partial charge < -0.3 is 18.9 Å². The third-order valence-electron chi connectivity index (χ3n) is 4.73. The summed E-state index contributed by atoms with van der Waals surface area (Å²) in [6, 6.07) is 21.6. The van der Waals surface area contributed by atoms with E-state index in [-0.39, 0.29) is 5.95 Å². The molecule has 0 saturated heterocycles. The molecule has 0 aliphatic carbocycles. The Labute approximate surface area is 174 Å². The highest BCUT2D eigenvalue weighted by Crippen LogP contribution is 2.49. The van der Waals surface area contributed by atoms with Crippen molar-refractivity contribution in [3.63, 3.8) is 0 Å². The van der Waals surface area contributed by atoms with Crippen molar-refractivity contribution in [2.75, 3.05) is 19.1 Å². The predicted molar refractivity (Wildman–Crippen MR) is 114 cm³/mol. The number of nitrogens with zero attached hydrogens (tertiary/aromatic N) is 1. The molecule has 7 nitrogen and oxygen atoms in total. The summed E-state index contributed by atoms with van der Waals surface area (Å²) < 4.78 is 28.1. The summed E-state index contributed by atoms with van der Waals surface area (Å²) in [5.41, 5.74) is 3.46. The van der Waals surface area contributed by atoms with Gasteiger partial charge in [0.2, 0.25) is 0 Å². The van der Waals surface area contributed by atoms with Gasteiger partial charge in [0.05, 0.1) is 18.4 Å². The second-order valence-corrected chi connectivity index (χ2v) is 7.78. The molecule has 30 heavy (non-hydrogen) atoms. The van der Waals surface area contributed by atoms with E-state index in [9.17, 15) is 14.4 Å². The average Bonchev–Trinajstić information content (AvgIpc) is 2.73. The largest absolute Gasteiger partial charge is 0.527 e. The SMILES string of the molecule is COc1ccc2c(c1)N(C)c1ccccc1/C2=C(/Oc1ccccc1)OP(=O)(O)O. The predicted octanol–water partition coefficient (Wildman–Crippen LogP) is 4.68. The Morgan fingerprint density at radius 2 is 1.53 bits per heavy atom. The molecule has 0 aromatic heterocycles. The standard InChI is InChI=1S/C22H20NO6P/c1-23-19-11-7-6-10-17(19)21(18-13-12-16(27-2)14-20(18)23)22(29-30(24,25)26)28-15-8-4-3-5-9-15/h3-14H,1-2H3,(H2,24,25,26)/b22-21+. The first-order valence-corrected chi connectivity index (χ1v) is 10.6. The van der Waals surface area contributed by atoms with Crippen LogP contribution in [0.1, 0.15) is 11.1 Å². The Morgan fingerprint density at radius 3 is 2.23 bits per heavy atom. The van der Waals surface area contributed by atoms with Gasteiger partial charge in [-0.25, -0.2) is 4.57 Å². The van der Waals surface area contributed by atoms with Crippen molar-refractivity contribution >= 4 is 24.8 Å². The summed E-state index contributed by atoms with van der Waals surface area (Å²) in [6.07, 6.45) is 0. The van der Waals surface area contributed by atoms with E-state index in [0.29, 0.717) is 22.6 Å². The minimum atomic E-state index is -4.90. The smallest absolute Gasteiger partial charge is 0.497 e. The molecule has 0 unspecified atom stereocenters. The molecule has 1 aliphatic heterocycles. The molecular formula is C22H20NO6P. The Hall–Kier alpha value is -3.25. The molecule has 2 N–H and O–H groups in total. The fraction of sp³-hybridized carbons (Fsp3) is 0.0909. The summed E-state index contributed by atoms with van der Waals surface area (Å²) in [5.74, 6) is 0.766. The Kier molecular flexibility index (Phi) is 5.26. The molecule has 1 heterocycles. The van der Waals surface area contributed by atoms with Crippen molar-refractivity contribution in [2.24, 2.45) is 0 Å². The van der Waals surface area contributed by atoms with Gasteiger partial charge in [-0.2, -0.15) is 0 Å². The van der Waals surface area contributed by atoms with Crippen LogP contribution in [0.3, 0.4) is 0 Å². The Balaban J connectivity index is 2.00. The van der Waals surface area contributed by atoms with Crippen LogP contribution in [0.2, 0.25) is 0 Å². The lowest BCUT2D eigenvalue weighted by atomic mass is 9.91. The number of para-hydroxylation sites is 2. The topological polar surface area (TPSA) is 88.5 Å². The number of methoxy groups -OCH3 is 1. The number of hydrogen-bond acceptors (Lipinski definition) is 5. The first kappa shape index (κ1) is 20.0. The van der Waals surface area contributed by atoms with Crippen LogP contribution >= 0.6 is 7.82 Å². The molecule has 3 aromatic rings. The van der Waals surface area contributed by atoms with Crippen molar-refractivity contribution in [3.8, 4) is 11.5 Å². The van der Waals surface area contributed by atoms with E-state index in [2.05, 4.69) is 0 Å². The van der Waals surface area contributed by atoms with Gasteiger partial charge in [-0.1, -0.05) is 36.4 Å².